The van der Waals surface area contributed by atoms with E-state index in [2.05, 4.69) is 5.10 Å². The molecule has 0 unspecified atom stereocenters. The Labute approximate surface area is 185 Å². The highest BCUT2D eigenvalue weighted by Gasteiger charge is 2.17. The van der Waals surface area contributed by atoms with Gasteiger partial charge in [-0.3, -0.25) is 0 Å². The first-order valence-corrected chi connectivity index (χ1v) is 10.5. The van der Waals surface area contributed by atoms with Crippen LogP contribution in [0.5, 0.6) is 0 Å². The van der Waals surface area contributed by atoms with Crippen molar-refractivity contribution in [3.63, 3.8) is 0 Å². The van der Waals surface area contributed by atoms with E-state index in [1.165, 1.54) is 0 Å². The summed E-state index contributed by atoms with van der Waals surface area (Å²) in [5.41, 5.74) is 5.63. The average Bonchev–Trinajstić information content (AvgIpc) is 3.30. The maximum Gasteiger partial charge on any atom is 0.358 e. The molecule has 0 atom stereocenters. The van der Waals surface area contributed by atoms with Crippen molar-refractivity contribution in [2.45, 2.75) is 6.42 Å². The van der Waals surface area contributed by atoms with Crippen molar-refractivity contribution in [3.8, 4) is 22.5 Å². The van der Waals surface area contributed by atoms with Gasteiger partial charge in [0.05, 0.1) is 18.0 Å². The number of carbonyl (C=O) groups excluding carboxylic acids is 1. The number of ether oxygens (including phenoxy) is 1. The molecular formula is C27H21N3O2. The smallest absolute Gasteiger partial charge is 0.358 e. The van der Waals surface area contributed by atoms with Crippen molar-refractivity contribution in [3.05, 3.63) is 114 Å². The lowest BCUT2D eigenvalue weighted by Crippen LogP contribution is -2.09. The van der Waals surface area contributed by atoms with Crippen molar-refractivity contribution in [1.82, 2.24) is 14.6 Å². The minimum atomic E-state index is -0.452. The molecule has 0 fully saturated rings. The second-order valence-electron chi connectivity index (χ2n) is 7.43. The van der Waals surface area contributed by atoms with Gasteiger partial charge in [-0.2, -0.15) is 5.10 Å². The molecule has 0 N–H and O–H groups in total. The summed E-state index contributed by atoms with van der Waals surface area (Å²) in [5.74, 6) is -0.452. The van der Waals surface area contributed by atoms with Crippen LogP contribution in [0.2, 0.25) is 0 Å². The zero-order valence-corrected chi connectivity index (χ0v) is 17.4. The molecule has 0 saturated heterocycles. The fourth-order valence-corrected chi connectivity index (χ4v) is 3.63. The molecule has 0 aliphatic rings. The van der Waals surface area contributed by atoms with E-state index in [1.54, 1.807) is 10.6 Å². The molecule has 32 heavy (non-hydrogen) atoms. The Morgan fingerprint density at radius 3 is 2.09 bits per heavy atom. The molecule has 5 rings (SSSR count). The van der Waals surface area contributed by atoms with E-state index in [0.29, 0.717) is 18.7 Å². The van der Waals surface area contributed by atoms with Gasteiger partial charge in [-0.05, 0) is 11.6 Å². The first-order chi connectivity index (χ1) is 15.8. The van der Waals surface area contributed by atoms with Gasteiger partial charge in [0.2, 0.25) is 0 Å². The van der Waals surface area contributed by atoms with Crippen LogP contribution in [0, 0.1) is 0 Å². The van der Waals surface area contributed by atoms with Crippen LogP contribution < -0.4 is 0 Å². The van der Waals surface area contributed by atoms with Gasteiger partial charge in [0.15, 0.2) is 11.3 Å². The van der Waals surface area contributed by atoms with Crippen LogP contribution in [0.4, 0.5) is 0 Å². The second kappa shape index (κ2) is 8.86. The number of fused-ring (bicyclic) bond motifs is 1. The average molecular weight is 419 g/mol. The lowest BCUT2D eigenvalue weighted by molar-refractivity contribution is 0.0502. The molecule has 0 bridgehead atoms. The molecule has 0 amide bonds. The summed E-state index contributed by atoms with van der Waals surface area (Å²) in [4.78, 5) is 17.4. The van der Waals surface area contributed by atoms with Crippen molar-refractivity contribution >= 4 is 11.6 Å². The normalized spacial score (nSPS) is 10.9. The Kier molecular flexibility index (Phi) is 5.45. The molecule has 0 aliphatic carbocycles. The van der Waals surface area contributed by atoms with Crippen molar-refractivity contribution in [2.24, 2.45) is 0 Å². The van der Waals surface area contributed by atoms with Crippen LogP contribution in [0.1, 0.15) is 16.1 Å². The van der Waals surface area contributed by atoms with E-state index in [1.807, 2.05) is 97.1 Å². The third kappa shape index (κ3) is 4.14. The van der Waals surface area contributed by atoms with Gasteiger partial charge < -0.3 is 4.74 Å². The van der Waals surface area contributed by atoms with Gasteiger partial charge in [0.1, 0.15) is 0 Å². The van der Waals surface area contributed by atoms with E-state index < -0.39 is 5.97 Å². The molecule has 5 heteroatoms. The maximum atomic E-state index is 12.7. The SMILES string of the molecule is O=C(OCCc1ccccc1)c1cc2nc(-c3ccccc3)cc(-c3ccccc3)n2n1. The van der Waals surface area contributed by atoms with Crippen LogP contribution in [0.3, 0.4) is 0 Å². The number of carbonyl (C=O) groups is 1. The fraction of sp³-hybridized carbons (Fsp3) is 0.0741. The predicted molar refractivity (Wildman–Crippen MR) is 124 cm³/mol. The van der Waals surface area contributed by atoms with Gasteiger partial charge in [-0.15, -0.1) is 0 Å². The highest BCUT2D eigenvalue weighted by molar-refractivity contribution is 5.89. The standard InChI is InChI=1S/C27H21N3O2/c31-27(32-17-16-20-10-4-1-5-11-20)24-19-26-28-23(21-12-6-2-7-13-21)18-25(30(26)29-24)22-14-8-3-9-15-22/h1-15,18-19H,16-17H2. The minimum absolute atomic E-state index is 0.243. The summed E-state index contributed by atoms with van der Waals surface area (Å²) in [6.45, 7) is 0.297. The molecule has 0 spiro atoms. The Bertz CT molecular complexity index is 1350. The Morgan fingerprint density at radius 2 is 1.41 bits per heavy atom. The number of nitrogens with zero attached hydrogens (tertiary/aromatic N) is 3. The Hall–Kier alpha value is -4.25. The molecule has 0 radical (unpaired) electrons. The molecule has 2 aromatic heterocycles. The molecule has 156 valence electrons. The van der Waals surface area contributed by atoms with Crippen molar-refractivity contribution in [1.29, 1.82) is 0 Å². The highest BCUT2D eigenvalue weighted by Crippen LogP contribution is 2.26. The second-order valence-corrected chi connectivity index (χ2v) is 7.43. The summed E-state index contributed by atoms with van der Waals surface area (Å²) >= 11 is 0. The molecule has 3 aromatic carbocycles. The van der Waals surface area contributed by atoms with Crippen LogP contribution in [0.25, 0.3) is 28.2 Å². The van der Waals surface area contributed by atoms with E-state index in [0.717, 1.165) is 28.1 Å². The minimum Gasteiger partial charge on any atom is -0.461 e. The Morgan fingerprint density at radius 1 is 0.781 bits per heavy atom. The van der Waals surface area contributed by atoms with Gasteiger partial charge >= 0.3 is 5.97 Å². The molecule has 5 aromatic rings. The largest absolute Gasteiger partial charge is 0.461 e. The molecule has 0 aliphatic heterocycles. The number of aromatic nitrogens is 3. The number of rotatable bonds is 6. The zero-order valence-electron chi connectivity index (χ0n) is 17.4. The quantitative estimate of drug-likeness (QED) is 0.343. The van der Waals surface area contributed by atoms with Gasteiger partial charge in [-0.1, -0.05) is 91.0 Å². The van der Waals surface area contributed by atoms with Crippen LogP contribution in [0.15, 0.2) is 103 Å². The van der Waals surface area contributed by atoms with Gasteiger partial charge in [-0.25, -0.2) is 14.3 Å². The Balaban J connectivity index is 1.48. The third-order valence-corrected chi connectivity index (χ3v) is 5.24. The van der Waals surface area contributed by atoms with Crippen molar-refractivity contribution < 1.29 is 9.53 Å². The summed E-state index contributed by atoms with van der Waals surface area (Å²) in [7, 11) is 0. The lowest BCUT2D eigenvalue weighted by Gasteiger charge is -2.08. The topological polar surface area (TPSA) is 56.5 Å². The van der Waals surface area contributed by atoms with Crippen LogP contribution in [-0.4, -0.2) is 27.2 Å². The number of esters is 1. The molecule has 0 saturated carbocycles. The molecule has 5 nitrogen and oxygen atoms in total. The van der Waals surface area contributed by atoms with Gasteiger partial charge in [0.25, 0.3) is 0 Å². The van der Waals surface area contributed by atoms with Gasteiger partial charge in [0, 0.05) is 23.6 Å². The van der Waals surface area contributed by atoms with E-state index in [-0.39, 0.29) is 5.69 Å². The fourth-order valence-electron chi connectivity index (χ4n) is 3.63. The summed E-state index contributed by atoms with van der Waals surface area (Å²) < 4.78 is 7.18. The lowest BCUT2D eigenvalue weighted by atomic mass is 10.1. The number of hydrogen-bond acceptors (Lipinski definition) is 4. The van der Waals surface area contributed by atoms with Crippen LogP contribution >= 0.6 is 0 Å². The summed E-state index contributed by atoms with van der Waals surface area (Å²) in [5, 5.41) is 4.53. The van der Waals surface area contributed by atoms with Crippen molar-refractivity contribution in [2.75, 3.05) is 6.61 Å². The number of benzene rings is 3. The maximum absolute atomic E-state index is 12.7. The van der Waals surface area contributed by atoms with E-state index in [4.69, 9.17) is 9.72 Å². The summed E-state index contributed by atoms with van der Waals surface area (Å²) in [6, 6.07) is 33.5. The zero-order chi connectivity index (χ0) is 21.8. The first-order valence-electron chi connectivity index (χ1n) is 10.5. The molecular weight excluding hydrogens is 398 g/mol. The molecule has 2 heterocycles. The monoisotopic (exact) mass is 419 g/mol. The summed E-state index contributed by atoms with van der Waals surface area (Å²) in [6.07, 6.45) is 0.658. The number of hydrogen-bond donors (Lipinski definition) is 0. The van der Waals surface area contributed by atoms with Crippen LogP contribution in [-0.2, 0) is 11.2 Å². The first kappa shape index (κ1) is 19.7. The highest BCUT2D eigenvalue weighted by atomic mass is 16.5. The van der Waals surface area contributed by atoms with E-state index >= 15 is 0 Å². The third-order valence-electron chi connectivity index (χ3n) is 5.24. The van der Waals surface area contributed by atoms with E-state index in [9.17, 15) is 4.79 Å². The predicted octanol–water partition coefficient (Wildman–Crippen LogP) is 5.46.